The fourth-order valence-electron chi connectivity index (χ4n) is 1.46. The van der Waals surface area contributed by atoms with E-state index >= 15 is 0 Å². The molecule has 5 heteroatoms. The highest BCUT2D eigenvalue weighted by Crippen LogP contribution is 2.17. The van der Waals surface area contributed by atoms with Crippen LogP contribution in [0.15, 0.2) is 22.8 Å². The first-order chi connectivity index (χ1) is 7.13. The number of rotatable bonds is 1. The van der Waals surface area contributed by atoms with E-state index in [1.165, 1.54) is 7.11 Å². The quantitative estimate of drug-likeness (QED) is 0.745. The Morgan fingerprint density at radius 2 is 2.27 bits per heavy atom. The first-order valence-corrected chi connectivity index (χ1v) is 5.15. The van der Waals surface area contributed by atoms with Gasteiger partial charge in [-0.25, -0.2) is 9.78 Å². The standard InChI is InChI=1S/C10H9BrN2O2/c1-6-12-9(10(14)15-2)8-4-3-7(11)5-13(6)8/h3-5H,1-2H3. The van der Waals surface area contributed by atoms with Crippen molar-refractivity contribution in [3.8, 4) is 0 Å². The minimum atomic E-state index is -0.414. The molecule has 0 aromatic carbocycles. The smallest absolute Gasteiger partial charge is 0.358 e. The Bertz CT molecular complexity index is 533. The number of aryl methyl sites for hydroxylation is 1. The summed E-state index contributed by atoms with van der Waals surface area (Å²) in [5.41, 5.74) is 1.10. The van der Waals surface area contributed by atoms with Gasteiger partial charge in [-0.15, -0.1) is 0 Å². The van der Waals surface area contributed by atoms with Gasteiger partial charge in [0.05, 0.1) is 12.6 Å². The highest BCUT2D eigenvalue weighted by atomic mass is 79.9. The largest absolute Gasteiger partial charge is 0.464 e. The number of ether oxygens (including phenoxy) is 1. The van der Waals surface area contributed by atoms with Crippen LogP contribution in [0.4, 0.5) is 0 Å². The van der Waals surface area contributed by atoms with Gasteiger partial charge in [-0.05, 0) is 35.0 Å². The number of imidazole rings is 1. The maximum absolute atomic E-state index is 11.4. The molecule has 0 radical (unpaired) electrons. The number of nitrogens with zero attached hydrogens (tertiary/aromatic N) is 2. The Morgan fingerprint density at radius 1 is 1.53 bits per heavy atom. The predicted molar refractivity (Wildman–Crippen MR) is 59.0 cm³/mol. The number of carbonyl (C=O) groups is 1. The maximum atomic E-state index is 11.4. The average Bonchev–Trinajstić information content (AvgIpc) is 2.55. The zero-order chi connectivity index (χ0) is 11.0. The van der Waals surface area contributed by atoms with Crippen molar-refractivity contribution < 1.29 is 9.53 Å². The second-order valence-corrected chi connectivity index (χ2v) is 4.02. The number of hydrogen-bond donors (Lipinski definition) is 0. The van der Waals surface area contributed by atoms with Gasteiger partial charge in [0.1, 0.15) is 5.82 Å². The van der Waals surface area contributed by atoms with Crippen molar-refractivity contribution >= 4 is 27.4 Å². The van der Waals surface area contributed by atoms with Crippen molar-refractivity contribution in [2.24, 2.45) is 0 Å². The lowest BCUT2D eigenvalue weighted by Crippen LogP contribution is -2.02. The fourth-order valence-corrected chi connectivity index (χ4v) is 1.79. The van der Waals surface area contributed by atoms with Gasteiger partial charge in [-0.1, -0.05) is 0 Å². The molecule has 0 bridgehead atoms. The maximum Gasteiger partial charge on any atom is 0.358 e. The third kappa shape index (κ3) is 1.63. The monoisotopic (exact) mass is 268 g/mol. The molecule has 0 aliphatic carbocycles. The Kier molecular flexibility index (Phi) is 2.48. The van der Waals surface area contributed by atoms with E-state index in [0.717, 1.165) is 15.8 Å². The third-order valence-electron chi connectivity index (χ3n) is 2.16. The van der Waals surface area contributed by atoms with Crippen molar-refractivity contribution in [3.05, 3.63) is 34.3 Å². The summed E-state index contributed by atoms with van der Waals surface area (Å²) in [6.07, 6.45) is 1.87. The van der Waals surface area contributed by atoms with Gasteiger partial charge >= 0.3 is 5.97 Å². The molecule has 15 heavy (non-hydrogen) atoms. The number of carbonyl (C=O) groups excluding carboxylic acids is 1. The van der Waals surface area contributed by atoms with Crippen LogP contribution in [-0.2, 0) is 4.74 Å². The summed E-state index contributed by atoms with van der Waals surface area (Å²) in [4.78, 5) is 15.6. The summed E-state index contributed by atoms with van der Waals surface area (Å²) in [5.74, 6) is 0.342. The van der Waals surface area contributed by atoms with Crippen molar-refractivity contribution in [3.63, 3.8) is 0 Å². The summed E-state index contributed by atoms with van der Waals surface area (Å²) >= 11 is 3.37. The van der Waals surface area contributed by atoms with E-state index in [2.05, 4.69) is 25.7 Å². The van der Waals surface area contributed by atoms with Crippen LogP contribution in [-0.4, -0.2) is 22.5 Å². The highest BCUT2D eigenvalue weighted by Gasteiger charge is 2.15. The van der Waals surface area contributed by atoms with Crippen LogP contribution >= 0.6 is 15.9 Å². The molecule has 0 spiro atoms. The predicted octanol–water partition coefficient (Wildman–Crippen LogP) is 2.19. The number of esters is 1. The van der Waals surface area contributed by atoms with Crippen LogP contribution < -0.4 is 0 Å². The van der Waals surface area contributed by atoms with Crippen LogP contribution in [0.25, 0.3) is 5.52 Å². The molecular formula is C10H9BrN2O2. The van der Waals surface area contributed by atoms with Crippen LogP contribution in [0.5, 0.6) is 0 Å². The zero-order valence-corrected chi connectivity index (χ0v) is 9.91. The highest BCUT2D eigenvalue weighted by molar-refractivity contribution is 9.10. The van der Waals surface area contributed by atoms with Crippen molar-refractivity contribution in [1.82, 2.24) is 9.38 Å². The van der Waals surface area contributed by atoms with Crippen molar-refractivity contribution in [2.75, 3.05) is 7.11 Å². The lowest BCUT2D eigenvalue weighted by Gasteiger charge is -1.98. The number of fused-ring (bicyclic) bond motifs is 1. The molecule has 2 rings (SSSR count). The molecule has 0 unspecified atom stereocenters. The fraction of sp³-hybridized carbons (Fsp3) is 0.200. The average molecular weight is 269 g/mol. The number of aromatic nitrogens is 2. The van der Waals surface area contributed by atoms with Crippen LogP contribution in [0.1, 0.15) is 16.3 Å². The Hall–Kier alpha value is -1.36. The van der Waals surface area contributed by atoms with Gasteiger partial charge in [-0.3, -0.25) is 0 Å². The lowest BCUT2D eigenvalue weighted by molar-refractivity contribution is 0.0597. The summed E-state index contributed by atoms with van der Waals surface area (Å²) in [6, 6.07) is 3.69. The van der Waals surface area contributed by atoms with Gasteiger partial charge in [0, 0.05) is 10.7 Å². The van der Waals surface area contributed by atoms with Gasteiger partial charge in [0.25, 0.3) is 0 Å². The molecule has 2 aromatic rings. The Morgan fingerprint density at radius 3 is 2.93 bits per heavy atom. The van der Waals surface area contributed by atoms with Crippen LogP contribution in [0.3, 0.4) is 0 Å². The molecule has 0 aliphatic rings. The molecule has 2 heterocycles. The van der Waals surface area contributed by atoms with Gasteiger partial charge in [-0.2, -0.15) is 0 Å². The number of pyridine rings is 1. The Labute approximate surface area is 95.0 Å². The molecule has 0 amide bonds. The molecular weight excluding hydrogens is 260 g/mol. The molecule has 0 N–H and O–H groups in total. The lowest BCUT2D eigenvalue weighted by atomic mass is 10.3. The normalized spacial score (nSPS) is 10.6. The van der Waals surface area contributed by atoms with E-state index in [9.17, 15) is 4.79 Å². The molecule has 4 nitrogen and oxygen atoms in total. The van der Waals surface area contributed by atoms with Gasteiger partial charge in [0.15, 0.2) is 5.69 Å². The van der Waals surface area contributed by atoms with Crippen molar-refractivity contribution in [2.45, 2.75) is 6.92 Å². The van der Waals surface area contributed by atoms with E-state index in [0.29, 0.717) is 5.69 Å². The second kappa shape index (κ2) is 3.66. The summed E-state index contributed by atoms with van der Waals surface area (Å²) in [7, 11) is 1.35. The molecule has 0 fully saturated rings. The van der Waals surface area contributed by atoms with Crippen molar-refractivity contribution in [1.29, 1.82) is 0 Å². The van der Waals surface area contributed by atoms with E-state index in [1.54, 1.807) is 0 Å². The molecule has 0 saturated carbocycles. The number of methoxy groups -OCH3 is 1. The first-order valence-electron chi connectivity index (χ1n) is 4.36. The number of halogens is 1. The molecule has 0 aliphatic heterocycles. The minimum absolute atomic E-state index is 0.350. The topological polar surface area (TPSA) is 43.6 Å². The first kappa shape index (κ1) is 10.2. The summed E-state index contributed by atoms with van der Waals surface area (Å²) in [5, 5.41) is 0. The summed E-state index contributed by atoms with van der Waals surface area (Å²) in [6.45, 7) is 1.84. The molecule has 0 atom stereocenters. The SMILES string of the molecule is COC(=O)c1nc(C)n2cc(Br)ccc12. The third-order valence-corrected chi connectivity index (χ3v) is 2.63. The molecule has 78 valence electrons. The number of hydrogen-bond acceptors (Lipinski definition) is 3. The zero-order valence-electron chi connectivity index (χ0n) is 8.32. The van der Waals surface area contributed by atoms with Crippen LogP contribution in [0, 0.1) is 6.92 Å². The van der Waals surface area contributed by atoms with Gasteiger partial charge < -0.3 is 9.14 Å². The Balaban J connectivity index is 2.73. The molecule has 2 aromatic heterocycles. The van der Waals surface area contributed by atoms with E-state index in [4.69, 9.17) is 0 Å². The molecule has 0 saturated heterocycles. The van der Waals surface area contributed by atoms with E-state index in [-0.39, 0.29) is 0 Å². The van der Waals surface area contributed by atoms with E-state index in [1.807, 2.05) is 29.7 Å². The van der Waals surface area contributed by atoms with E-state index < -0.39 is 5.97 Å². The summed E-state index contributed by atoms with van der Waals surface area (Å²) < 4.78 is 7.44. The van der Waals surface area contributed by atoms with Gasteiger partial charge in [0.2, 0.25) is 0 Å². The minimum Gasteiger partial charge on any atom is -0.464 e. The second-order valence-electron chi connectivity index (χ2n) is 3.10. The van der Waals surface area contributed by atoms with Crippen LogP contribution in [0.2, 0.25) is 0 Å².